The first kappa shape index (κ1) is 17.1. The number of nitrogens with zero attached hydrogens (tertiary/aromatic N) is 1. The fourth-order valence-electron chi connectivity index (χ4n) is 1.55. The molecule has 0 heterocycles. The molecule has 2 N–H and O–H groups in total. The fourth-order valence-corrected chi connectivity index (χ4v) is 3.18. The van der Waals surface area contributed by atoms with Crippen LogP contribution in [0.2, 0.25) is 0 Å². The molecule has 0 radical (unpaired) electrons. The summed E-state index contributed by atoms with van der Waals surface area (Å²) in [5.74, 6) is -0.585. The molecule has 0 bridgehead atoms. The summed E-state index contributed by atoms with van der Waals surface area (Å²) in [5.41, 5.74) is 6.16. The summed E-state index contributed by atoms with van der Waals surface area (Å²) in [5, 5.41) is 0. The number of alkyl halides is 3. The van der Waals surface area contributed by atoms with Crippen molar-refractivity contribution in [1.82, 2.24) is 0 Å². The van der Waals surface area contributed by atoms with E-state index in [1.54, 1.807) is 6.07 Å². The molecule has 0 aliphatic heterocycles. The molecular formula is C11H14BrF3N2O2S. The van der Waals surface area contributed by atoms with Crippen molar-refractivity contribution >= 4 is 37.3 Å². The fraction of sp³-hybridized carbons (Fsp3) is 0.455. The van der Waals surface area contributed by atoms with Crippen LogP contribution < -0.4 is 10.0 Å². The van der Waals surface area contributed by atoms with Crippen LogP contribution in [0.4, 0.5) is 24.5 Å². The van der Waals surface area contributed by atoms with Crippen molar-refractivity contribution in [3.05, 3.63) is 22.7 Å². The SMILES string of the molecule is CN(c1ccc(Br)cc1N)S(=O)(=O)CCCC(F)(F)F. The zero-order valence-corrected chi connectivity index (χ0v) is 13.0. The minimum Gasteiger partial charge on any atom is -0.397 e. The molecule has 1 aromatic carbocycles. The molecule has 4 nitrogen and oxygen atoms in total. The molecule has 0 aliphatic carbocycles. The van der Waals surface area contributed by atoms with Gasteiger partial charge >= 0.3 is 6.18 Å². The summed E-state index contributed by atoms with van der Waals surface area (Å²) < 4.78 is 61.6. The molecular weight excluding hydrogens is 361 g/mol. The van der Waals surface area contributed by atoms with Crippen LogP contribution in [0.25, 0.3) is 0 Å². The Balaban J connectivity index is 2.81. The van der Waals surface area contributed by atoms with Crippen LogP contribution in [0, 0.1) is 0 Å². The zero-order chi connectivity index (χ0) is 15.6. The lowest BCUT2D eigenvalue weighted by atomic mass is 10.3. The summed E-state index contributed by atoms with van der Waals surface area (Å²) >= 11 is 3.19. The van der Waals surface area contributed by atoms with Gasteiger partial charge in [-0.25, -0.2) is 8.42 Å². The number of halogens is 4. The zero-order valence-electron chi connectivity index (χ0n) is 10.6. The lowest BCUT2D eigenvalue weighted by molar-refractivity contribution is -0.134. The molecule has 1 rings (SSSR count). The minimum absolute atomic E-state index is 0.223. The summed E-state index contributed by atoms with van der Waals surface area (Å²) in [4.78, 5) is 0. The van der Waals surface area contributed by atoms with Gasteiger partial charge in [-0.3, -0.25) is 4.31 Å². The number of anilines is 2. The largest absolute Gasteiger partial charge is 0.397 e. The molecule has 114 valence electrons. The van der Waals surface area contributed by atoms with Crippen LogP contribution in [0.5, 0.6) is 0 Å². The van der Waals surface area contributed by atoms with E-state index in [4.69, 9.17) is 5.73 Å². The second-order valence-electron chi connectivity index (χ2n) is 4.21. The lowest BCUT2D eigenvalue weighted by Gasteiger charge is -2.21. The first-order valence-electron chi connectivity index (χ1n) is 5.61. The van der Waals surface area contributed by atoms with Gasteiger partial charge in [0.25, 0.3) is 0 Å². The molecule has 1 aromatic rings. The number of hydrogen-bond donors (Lipinski definition) is 1. The monoisotopic (exact) mass is 374 g/mol. The molecule has 0 atom stereocenters. The van der Waals surface area contributed by atoms with Crippen molar-refractivity contribution in [2.45, 2.75) is 19.0 Å². The van der Waals surface area contributed by atoms with E-state index >= 15 is 0 Å². The number of benzene rings is 1. The van der Waals surface area contributed by atoms with Gasteiger partial charge in [0.05, 0.1) is 17.1 Å². The van der Waals surface area contributed by atoms with Gasteiger partial charge in [0.1, 0.15) is 0 Å². The maximum absolute atomic E-state index is 12.0. The van der Waals surface area contributed by atoms with E-state index in [1.165, 1.54) is 19.2 Å². The van der Waals surface area contributed by atoms with Crippen molar-refractivity contribution in [2.24, 2.45) is 0 Å². The molecule has 0 aromatic heterocycles. The highest BCUT2D eigenvalue weighted by Gasteiger charge is 2.28. The van der Waals surface area contributed by atoms with Gasteiger partial charge in [0.2, 0.25) is 10.0 Å². The number of hydrogen-bond acceptors (Lipinski definition) is 3. The Kier molecular flexibility index (Phi) is 5.31. The average molecular weight is 375 g/mol. The van der Waals surface area contributed by atoms with E-state index in [0.717, 1.165) is 4.31 Å². The average Bonchev–Trinajstić information content (AvgIpc) is 2.26. The second kappa shape index (κ2) is 6.21. The second-order valence-corrected chi connectivity index (χ2v) is 7.24. The summed E-state index contributed by atoms with van der Waals surface area (Å²) in [7, 11) is -2.57. The molecule has 0 spiro atoms. The number of rotatable bonds is 5. The minimum atomic E-state index is -4.36. The van der Waals surface area contributed by atoms with Crippen LogP contribution in [0.15, 0.2) is 22.7 Å². The van der Waals surface area contributed by atoms with E-state index in [0.29, 0.717) is 4.47 Å². The predicted molar refractivity (Wildman–Crippen MR) is 76.0 cm³/mol. The summed E-state index contributed by atoms with van der Waals surface area (Å²) in [6.45, 7) is 0. The molecule has 0 fully saturated rings. The Morgan fingerprint density at radius 2 is 1.95 bits per heavy atom. The van der Waals surface area contributed by atoms with E-state index in [9.17, 15) is 21.6 Å². The van der Waals surface area contributed by atoms with Crippen molar-refractivity contribution < 1.29 is 21.6 Å². The first-order chi connectivity index (χ1) is 9.03. The normalized spacial score (nSPS) is 12.4. The number of nitrogen functional groups attached to an aromatic ring is 1. The summed E-state index contributed by atoms with van der Waals surface area (Å²) in [6, 6.07) is 4.62. The quantitative estimate of drug-likeness (QED) is 0.805. The predicted octanol–water partition coefficient (Wildman–Crippen LogP) is 3.14. The third kappa shape index (κ3) is 4.86. The van der Waals surface area contributed by atoms with Crippen molar-refractivity contribution in [3.63, 3.8) is 0 Å². The highest BCUT2D eigenvalue weighted by molar-refractivity contribution is 9.10. The van der Waals surface area contributed by atoms with Crippen molar-refractivity contribution in [2.75, 3.05) is 22.8 Å². The van der Waals surface area contributed by atoms with Crippen LogP contribution in [0.3, 0.4) is 0 Å². The first-order valence-corrected chi connectivity index (χ1v) is 8.01. The van der Waals surface area contributed by atoms with Gasteiger partial charge in [-0.1, -0.05) is 15.9 Å². The number of sulfonamides is 1. The molecule has 0 aliphatic rings. The van der Waals surface area contributed by atoms with Crippen molar-refractivity contribution in [3.8, 4) is 0 Å². The van der Waals surface area contributed by atoms with Gasteiger partial charge in [0, 0.05) is 17.9 Å². The lowest BCUT2D eigenvalue weighted by Crippen LogP contribution is -2.30. The Bertz CT molecular complexity index is 576. The van der Waals surface area contributed by atoms with Gasteiger partial charge in [0.15, 0.2) is 0 Å². The van der Waals surface area contributed by atoms with Gasteiger partial charge in [-0.15, -0.1) is 0 Å². The number of nitrogens with two attached hydrogens (primary N) is 1. The smallest absolute Gasteiger partial charge is 0.389 e. The van der Waals surface area contributed by atoms with E-state index < -0.39 is 34.8 Å². The van der Waals surface area contributed by atoms with E-state index in [1.807, 2.05) is 0 Å². The molecule has 0 saturated carbocycles. The molecule has 0 amide bonds. The van der Waals surface area contributed by atoms with E-state index in [2.05, 4.69) is 15.9 Å². The van der Waals surface area contributed by atoms with Crippen LogP contribution in [0.1, 0.15) is 12.8 Å². The standard InChI is InChI=1S/C11H14BrF3N2O2S/c1-17(10-4-3-8(12)7-9(10)16)20(18,19)6-2-5-11(13,14)15/h3-4,7H,2,5-6,16H2,1H3. The maximum Gasteiger partial charge on any atom is 0.389 e. The van der Waals surface area contributed by atoms with Gasteiger partial charge < -0.3 is 5.73 Å². The Labute approximate surface area is 123 Å². The van der Waals surface area contributed by atoms with Gasteiger partial charge in [-0.05, 0) is 24.6 Å². The molecule has 0 saturated heterocycles. The van der Waals surface area contributed by atoms with Gasteiger partial charge in [-0.2, -0.15) is 13.2 Å². The highest BCUT2D eigenvalue weighted by atomic mass is 79.9. The third-order valence-electron chi connectivity index (χ3n) is 2.61. The van der Waals surface area contributed by atoms with E-state index in [-0.39, 0.29) is 11.4 Å². The van der Waals surface area contributed by atoms with Crippen LogP contribution >= 0.6 is 15.9 Å². The topological polar surface area (TPSA) is 63.4 Å². The maximum atomic E-state index is 12.0. The van der Waals surface area contributed by atoms with Crippen LogP contribution in [-0.2, 0) is 10.0 Å². The highest BCUT2D eigenvalue weighted by Crippen LogP contribution is 2.28. The van der Waals surface area contributed by atoms with Crippen molar-refractivity contribution in [1.29, 1.82) is 0 Å². The third-order valence-corrected chi connectivity index (χ3v) is 4.94. The molecule has 20 heavy (non-hydrogen) atoms. The Morgan fingerprint density at radius 3 is 2.45 bits per heavy atom. The Hall–Kier alpha value is -0.960. The summed E-state index contributed by atoms with van der Waals surface area (Å²) in [6.07, 6.45) is -5.97. The Morgan fingerprint density at radius 1 is 1.35 bits per heavy atom. The van der Waals surface area contributed by atoms with Crippen LogP contribution in [-0.4, -0.2) is 27.4 Å². The molecule has 0 unspecified atom stereocenters. The molecule has 9 heteroatoms.